The average Bonchev–Trinajstić information content (AvgIpc) is 2.26. The van der Waals surface area contributed by atoms with Gasteiger partial charge < -0.3 is 10.8 Å². The number of nitrogens with two attached hydrogens (primary N) is 1. The lowest BCUT2D eigenvalue weighted by molar-refractivity contribution is 0.279. The molecule has 2 nitrogen and oxygen atoms in total. The molecule has 0 aliphatic heterocycles. The van der Waals surface area contributed by atoms with Crippen molar-refractivity contribution in [3.05, 3.63) is 30.1 Å². The second-order valence-corrected chi connectivity index (χ2v) is 5.06. The van der Waals surface area contributed by atoms with Crippen LogP contribution >= 0.6 is 11.8 Å². The van der Waals surface area contributed by atoms with E-state index in [9.17, 15) is 9.50 Å². The maximum atomic E-state index is 13.0. The van der Waals surface area contributed by atoms with Crippen LogP contribution < -0.4 is 5.73 Å². The van der Waals surface area contributed by atoms with Gasteiger partial charge in [-0.25, -0.2) is 4.39 Å². The van der Waals surface area contributed by atoms with Gasteiger partial charge in [-0.2, -0.15) is 0 Å². The van der Waals surface area contributed by atoms with Gasteiger partial charge >= 0.3 is 0 Å². The van der Waals surface area contributed by atoms with Crippen LogP contribution in [-0.4, -0.2) is 23.0 Å². The number of hydrogen-bond acceptors (Lipinski definition) is 3. The van der Waals surface area contributed by atoms with E-state index in [2.05, 4.69) is 6.92 Å². The molecule has 3 N–H and O–H groups in total. The van der Waals surface area contributed by atoms with Crippen molar-refractivity contribution in [3.8, 4) is 0 Å². The molecule has 0 radical (unpaired) electrons. The van der Waals surface area contributed by atoms with Gasteiger partial charge in [0.05, 0.1) is 6.61 Å². The Hall–Kier alpha value is -0.580. The largest absolute Gasteiger partial charge is 0.395 e. The molecular formula is C12H18FNOS. The van der Waals surface area contributed by atoms with Gasteiger partial charge in [0.1, 0.15) is 5.82 Å². The average molecular weight is 243 g/mol. The topological polar surface area (TPSA) is 46.2 Å². The Kier molecular flexibility index (Phi) is 5.80. The first-order valence-corrected chi connectivity index (χ1v) is 6.34. The molecule has 0 spiro atoms. The fourth-order valence-electron chi connectivity index (χ4n) is 1.49. The van der Waals surface area contributed by atoms with Gasteiger partial charge in [-0.15, -0.1) is 11.8 Å². The van der Waals surface area contributed by atoms with Gasteiger partial charge in [0.25, 0.3) is 0 Å². The quantitative estimate of drug-likeness (QED) is 0.754. The third kappa shape index (κ3) is 4.12. The lowest BCUT2D eigenvalue weighted by Gasteiger charge is -2.20. The predicted molar refractivity (Wildman–Crippen MR) is 66.0 cm³/mol. The number of aliphatic hydroxyl groups excluding tert-OH is 1. The summed E-state index contributed by atoms with van der Waals surface area (Å²) in [4.78, 5) is 0.811. The SMILES string of the molecule is CCCC(N)C(CO)Sc1cccc(F)c1. The number of benzene rings is 1. The van der Waals surface area contributed by atoms with Crippen LogP contribution in [0.25, 0.3) is 0 Å². The Morgan fingerprint density at radius 3 is 2.81 bits per heavy atom. The van der Waals surface area contributed by atoms with E-state index in [-0.39, 0.29) is 23.7 Å². The van der Waals surface area contributed by atoms with Gasteiger partial charge in [-0.05, 0) is 24.6 Å². The van der Waals surface area contributed by atoms with Crippen molar-refractivity contribution in [3.63, 3.8) is 0 Å². The monoisotopic (exact) mass is 243 g/mol. The van der Waals surface area contributed by atoms with Crippen LogP contribution in [0.15, 0.2) is 29.2 Å². The number of hydrogen-bond donors (Lipinski definition) is 2. The first-order valence-electron chi connectivity index (χ1n) is 5.46. The molecule has 1 rings (SSSR count). The zero-order valence-corrected chi connectivity index (χ0v) is 10.2. The third-order valence-electron chi connectivity index (χ3n) is 2.36. The number of thioether (sulfide) groups is 1. The summed E-state index contributed by atoms with van der Waals surface area (Å²) in [5.74, 6) is -0.259. The molecule has 16 heavy (non-hydrogen) atoms. The summed E-state index contributed by atoms with van der Waals surface area (Å²) in [5, 5.41) is 9.19. The first kappa shape index (κ1) is 13.5. The molecule has 0 aliphatic carbocycles. The maximum absolute atomic E-state index is 13.0. The predicted octanol–water partition coefficient (Wildman–Crippen LogP) is 2.41. The van der Waals surface area contributed by atoms with E-state index in [4.69, 9.17) is 5.73 Å². The van der Waals surface area contributed by atoms with Crippen LogP contribution in [0.5, 0.6) is 0 Å². The molecule has 0 heterocycles. The van der Waals surface area contributed by atoms with Crippen molar-refractivity contribution in [2.75, 3.05) is 6.61 Å². The maximum Gasteiger partial charge on any atom is 0.124 e. The Balaban J connectivity index is 2.62. The highest BCUT2D eigenvalue weighted by molar-refractivity contribution is 8.00. The second-order valence-electron chi connectivity index (χ2n) is 3.75. The molecule has 2 unspecified atom stereocenters. The highest BCUT2D eigenvalue weighted by Gasteiger charge is 2.17. The molecule has 0 aliphatic rings. The van der Waals surface area contributed by atoms with Crippen molar-refractivity contribution in [1.29, 1.82) is 0 Å². The van der Waals surface area contributed by atoms with Gasteiger partial charge in [0, 0.05) is 16.2 Å². The van der Waals surface area contributed by atoms with Crippen LogP contribution in [0.3, 0.4) is 0 Å². The molecule has 1 aromatic carbocycles. The molecule has 2 atom stereocenters. The van der Waals surface area contributed by atoms with E-state index < -0.39 is 0 Å². The molecule has 0 aromatic heterocycles. The van der Waals surface area contributed by atoms with Crippen molar-refractivity contribution in [2.24, 2.45) is 5.73 Å². The van der Waals surface area contributed by atoms with E-state index in [1.54, 1.807) is 6.07 Å². The zero-order chi connectivity index (χ0) is 12.0. The van der Waals surface area contributed by atoms with Gasteiger partial charge in [-0.3, -0.25) is 0 Å². The van der Waals surface area contributed by atoms with Gasteiger partial charge in [0.2, 0.25) is 0 Å². The van der Waals surface area contributed by atoms with Crippen molar-refractivity contribution < 1.29 is 9.50 Å². The van der Waals surface area contributed by atoms with Crippen LogP contribution in [0.1, 0.15) is 19.8 Å². The molecule has 0 bridgehead atoms. The van der Waals surface area contributed by atoms with Crippen molar-refractivity contribution in [1.82, 2.24) is 0 Å². The standard InChI is InChI=1S/C12H18FNOS/c1-2-4-11(14)12(8-15)16-10-6-3-5-9(13)7-10/h3,5-7,11-12,15H,2,4,8,14H2,1H3. The van der Waals surface area contributed by atoms with E-state index in [0.29, 0.717) is 0 Å². The summed E-state index contributed by atoms with van der Waals surface area (Å²) in [6.07, 6.45) is 1.86. The number of halogens is 1. The van der Waals surface area contributed by atoms with E-state index >= 15 is 0 Å². The summed E-state index contributed by atoms with van der Waals surface area (Å²) in [5.41, 5.74) is 5.95. The van der Waals surface area contributed by atoms with Crippen molar-refractivity contribution >= 4 is 11.8 Å². The summed E-state index contributed by atoms with van der Waals surface area (Å²) >= 11 is 1.44. The molecule has 4 heteroatoms. The van der Waals surface area contributed by atoms with E-state index in [1.165, 1.54) is 23.9 Å². The lowest BCUT2D eigenvalue weighted by Crippen LogP contribution is -2.34. The summed E-state index contributed by atoms with van der Waals surface area (Å²) in [6.45, 7) is 2.07. The minimum atomic E-state index is -0.259. The van der Waals surface area contributed by atoms with Crippen LogP contribution in [0.2, 0.25) is 0 Å². The minimum absolute atomic E-state index is 0.0162. The third-order valence-corrected chi connectivity index (χ3v) is 3.69. The van der Waals surface area contributed by atoms with Gasteiger partial charge in [0.15, 0.2) is 0 Å². The first-order chi connectivity index (χ1) is 7.67. The van der Waals surface area contributed by atoms with Crippen LogP contribution in [0.4, 0.5) is 4.39 Å². The Morgan fingerprint density at radius 2 is 2.25 bits per heavy atom. The number of aliphatic hydroxyl groups is 1. The smallest absolute Gasteiger partial charge is 0.124 e. The van der Waals surface area contributed by atoms with Gasteiger partial charge in [-0.1, -0.05) is 19.4 Å². The second kappa shape index (κ2) is 6.89. The molecular weight excluding hydrogens is 225 g/mol. The highest BCUT2D eigenvalue weighted by Crippen LogP contribution is 2.26. The normalized spacial score (nSPS) is 14.8. The van der Waals surface area contributed by atoms with E-state index in [1.807, 2.05) is 6.07 Å². The number of rotatable bonds is 6. The zero-order valence-electron chi connectivity index (χ0n) is 9.40. The molecule has 1 aromatic rings. The van der Waals surface area contributed by atoms with Crippen LogP contribution in [-0.2, 0) is 0 Å². The fraction of sp³-hybridized carbons (Fsp3) is 0.500. The molecule has 0 saturated carbocycles. The Bertz CT molecular complexity index is 322. The Morgan fingerprint density at radius 1 is 1.50 bits per heavy atom. The fourth-order valence-corrected chi connectivity index (χ4v) is 2.57. The summed E-state index contributed by atoms with van der Waals surface area (Å²) in [6, 6.07) is 6.31. The Labute approximate surface area is 100 Å². The molecule has 0 fully saturated rings. The summed E-state index contributed by atoms with van der Waals surface area (Å²) in [7, 11) is 0. The van der Waals surface area contributed by atoms with Crippen molar-refractivity contribution in [2.45, 2.75) is 36.0 Å². The molecule has 0 amide bonds. The lowest BCUT2D eigenvalue weighted by atomic mass is 10.1. The molecule has 0 saturated heterocycles. The summed E-state index contributed by atoms with van der Waals surface area (Å²) < 4.78 is 13.0. The molecule has 90 valence electrons. The highest BCUT2D eigenvalue weighted by atomic mass is 32.2. The van der Waals surface area contributed by atoms with Crippen LogP contribution in [0, 0.1) is 5.82 Å². The minimum Gasteiger partial charge on any atom is -0.395 e. The van der Waals surface area contributed by atoms with E-state index in [0.717, 1.165) is 17.7 Å².